The molecule has 1 saturated heterocycles. The number of likely N-dealkylation sites (N-methyl/N-ethyl adjacent to an activating group) is 1. The van der Waals surface area contributed by atoms with Crippen LogP contribution in [0.25, 0.3) is 5.69 Å². The molecular formula is C28H34Cl2FN5O. The van der Waals surface area contributed by atoms with Gasteiger partial charge in [0.2, 0.25) is 0 Å². The van der Waals surface area contributed by atoms with Crippen LogP contribution in [0.5, 0.6) is 0 Å². The normalized spacial score (nSPS) is 15.2. The zero-order chi connectivity index (χ0) is 26.7. The highest BCUT2D eigenvalue weighted by atomic mass is 35.5. The summed E-state index contributed by atoms with van der Waals surface area (Å²) in [7, 11) is 0. The molecule has 0 N–H and O–H groups in total. The fourth-order valence-corrected chi connectivity index (χ4v) is 5.03. The van der Waals surface area contributed by atoms with Gasteiger partial charge in [0.15, 0.2) is 0 Å². The minimum Gasteiger partial charge on any atom is -0.354 e. The Hall–Kier alpha value is -2.61. The van der Waals surface area contributed by atoms with Crippen molar-refractivity contribution in [2.24, 2.45) is 0 Å². The van der Waals surface area contributed by atoms with E-state index in [1.807, 2.05) is 29.5 Å². The molecule has 1 aliphatic heterocycles. The Labute approximate surface area is 228 Å². The fourth-order valence-electron chi connectivity index (χ4n) is 4.73. The summed E-state index contributed by atoms with van der Waals surface area (Å²) in [6.07, 6.45) is 0.786. The standard InChI is InChI=1S/C28H34Cl2FN5O/c1-5-19(3)35(28(37)21-10-11-25(29)26(30)16-21)18-24-20(4)32-36(23-9-7-8-22(31)17-23)27(24)34-14-12-33(6-2)13-15-34/h7-11,16-17,19H,5-6,12-15,18H2,1-4H3. The maximum atomic E-state index is 14.2. The summed E-state index contributed by atoms with van der Waals surface area (Å²) in [5, 5.41) is 5.61. The van der Waals surface area contributed by atoms with E-state index in [0.29, 0.717) is 27.8 Å². The molecule has 3 aromatic rings. The van der Waals surface area contributed by atoms with Gasteiger partial charge in [0.1, 0.15) is 11.6 Å². The molecule has 2 aromatic carbocycles. The van der Waals surface area contributed by atoms with E-state index in [1.165, 1.54) is 12.1 Å². The molecule has 0 aliphatic carbocycles. The predicted octanol–water partition coefficient (Wildman–Crippen LogP) is 6.21. The van der Waals surface area contributed by atoms with Crippen LogP contribution in [0.1, 0.15) is 48.8 Å². The van der Waals surface area contributed by atoms with Crippen molar-refractivity contribution in [3.05, 3.63) is 75.1 Å². The van der Waals surface area contributed by atoms with Crippen molar-refractivity contribution in [2.45, 2.75) is 46.7 Å². The molecule has 1 aliphatic rings. The van der Waals surface area contributed by atoms with Crippen LogP contribution in [0.4, 0.5) is 10.2 Å². The Morgan fingerprint density at radius 3 is 2.43 bits per heavy atom. The van der Waals surface area contributed by atoms with Gasteiger partial charge >= 0.3 is 0 Å². The Morgan fingerprint density at radius 2 is 1.81 bits per heavy atom. The van der Waals surface area contributed by atoms with Gasteiger partial charge in [-0.25, -0.2) is 9.07 Å². The van der Waals surface area contributed by atoms with Gasteiger partial charge in [-0.2, -0.15) is 5.10 Å². The lowest BCUT2D eigenvalue weighted by atomic mass is 10.1. The van der Waals surface area contributed by atoms with Gasteiger partial charge in [-0.1, -0.05) is 43.1 Å². The smallest absolute Gasteiger partial charge is 0.254 e. The Morgan fingerprint density at radius 1 is 1.08 bits per heavy atom. The molecule has 1 atom stereocenters. The van der Waals surface area contributed by atoms with Crippen LogP contribution in [0.2, 0.25) is 10.0 Å². The molecule has 9 heteroatoms. The summed E-state index contributed by atoms with van der Waals surface area (Å²) in [4.78, 5) is 20.3. The Bertz CT molecular complexity index is 1260. The van der Waals surface area contributed by atoms with Gasteiger partial charge in [0.05, 0.1) is 28.0 Å². The molecule has 0 bridgehead atoms. The minimum atomic E-state index is -0.315. The average molecular weight is 547 g/mol. The molecule has 198 valence electrons. The van der Waals surface area contributed by atoms with Gasteiger partial charge in [-0.05, 0) is 63.2 Å². The minimum absolute atomic E-state index is 0.0244. The van der Waals surface area contributed by atoms with Crippen molar-refractivity contribution >= 4 is 34.9 Å². The third kappa shape index (κ3) is 5.95. The average Bonchev–Trinajstić information content (AvgIpc) is 3.23. The van der Waals surface area contributed by atoms with Crippen molar-refractivity contribution in [1.82, 2.24) is 19.6 Å². The Balaban J connectivity index is 1.77. The summed E-state index contributed by atoms with van der Waals surface area (Å²) >= 11 is 12.3. The molecule has 1 fully saturated rings. The zero-order valence-electron chi connectivity index (χ0n) is 21.8. The van der Waals surface area contributed by atoms with E-state index in [2.05, 4.69) is 23.6 Å². The van der Waals surface area contributed by atoms with Crippen molar-refractivity contribution in [1.29, 1.82) is 0 Å². The van der Waals surface area contributed by atoms with Gasteiger partial charge in [0.25, 0.3) is 5.91 Å². The van der Waals surface area contributed by atoms with Gasteiger partial charge in [0, 0.05) is 43.3 Å². The summed E-state index contributed by atoms with van der Waals surface area (Å²) in [5.41, 5.74) is 2.92. The Kier molecular flexibility index (Phi) is 8.78. The molecule has 6 nitrogen and oxygen atoms in total. The number of benzene rings is 2. The molecule has 0 saturated carbocycles. The number of amides is 1. The molecule has 0 radical (unpaired) electrons. The maximum absolute atomic E-state index is 14.2. The van der Waals surface area contributed by atoms with E-state index in [0.717, 1.165) is 56.2 Å². The fraction of sp³-hybridized carbons (Fsp3) is 0.429. The lowest BCUT2D eigenvalue weighted by Crippen LogP contribution is -2.47. The largest absolute Gasteiger partial charge is 0.354 e. The van der Waals surface area contributed by atoms with Gasteiger partial charge in [-0.15, -0.1) is 0 Å². The number of piperazine rings is 1. The molecule has 37 heavy (non-hydrogen) atoms. The first-order valence-electron chi connectivity index (χ1n) is 12.8. The van der Waals surface area contributed by atoms with Crippen LogP contribution < -0.4 is 4.90 Å². The summed E-state index contributed by atoms with van der Waals surface area (Å²) < 4.78 is 16.0. The van der Waals surface area contributed by atoms with Gasteiger partial charge in [-0.3, -0.25) is 4.79 Å². The third-order valence-electron chi connectivity index (χ3n) is 7.21. The third-order valence-corrected chi connectivity index (χ3v) is 7.95. The summed E-state index contributed by atoms with van der Waals surface area (Å²) in [5.74, 6) is 0.478. The van der Waals surface area contributed by atoms with Crippen LogP contribution >= 0.6 is 23.2 Å². The molecule has 2 heterocycles. The van der Waals surface area contributed by atoms with Crippen LogP contribution in [0.3, 0.4) is 0 Å². The van der Waals surface area contributed by atoms with Crippen molar-refractivity contribution in [2.75, 3.05) is 37.6 Å². The molecule has 0 spiro atoms. The highest BCUT2D eigenvalue weighted by Gasteiger charge is 2.29. The highest BCUT2D eigenvalue weighted by Crippen LogP contribution is 2.32. The van der Waals surface area contributed by atoms with Crippen LogP contribution in [-0.2, 0) is 6.54 Å². The van der Waals surface area contributed by atoms with E-state index in [-0.39, 0.29) is 17.8 Å². The van der Waals surface area contributed by atoms with E-state index >= 15 is 0 Å². The van der Waals surface area contributed by atoms with Crippen molar-refractivity contribution in [3.63, 3.8) is 0 Å². The van der Waals surface area contributed by atoms with Crippen molar-refractivity contribution < 1.29 is 9.18 Å². The number of hydrogen-bond acceptors (Lipinski definition) is 4. The van der Waals surface area contributed by atoms with E-state index in [4.69, 9.17) is 28.3 Å². The monoisotopic (exact) mass is 545 g/mol. The molecule has 1 unspecified atom stereocenters. The highest BCUT2D eigenvalue weighted by molar-refractivity contribution is 6.42. The number of aromatic nitrogens is 2. The number of hydrogen-bond donors (Lipinski definition) is 0. The van der Waals surface area contributed by atoms with Gasteiger partial charge < -0.3 is 14.7 Å². The SMILES string of the molecule is CCC(C)N(Cc1c(C)nn(-c2cccc(F)c2)c1N1CCN(CC)CC1)C(=O)c1ccc(Cl)c(Cl)c1. The van der Waals surface area contributed by atoms with Crippen LogP contribution in [0, 0.1) is 12.7 Å². The quantitative estimate of drug-likeness (QED) is 0.337. The zero-order valence-corrected chi connectivity index (χ0v) is 23.4. The second-order valence-electron chi connectivity index (χ2n) is 9.52. The summed E-state index contributed by atoms with van der Waals surface area (Å²) in [6, 6.07) is 11.4. The van der Waals surface area contributed by atoms with E-state index in [9.17, 15) is 9.18 Å². The molecule has 1 amide bonds. The number of carbonyl (C=O) groups is 1. The second-order valence-corrected chi connectivity index (χ2v) is 10.3. The topological polar surface area (TPSA) is 44.6 Å². The summed E-state index contributed by atoms with van der Waals surface area (Å²) in [6.45, 7) is 13.1. The van der Waals surface area contributed by atoms with Crippen LogP contribution in [0.15, 0.2) is 42.5 Å². The first-order chi connectivity index (χ1) is 17.7. The van der Waals surface area contributed by atoms with Crippen molar-refractivity contribution in [3.8, 4) is 5.69 Å². The molecular weight excluding hydrogens is 512 g/mol. The number of halogens is 3. The lowest BCUT2D eigenvalue weighted by Gasteiger charge is -2.37. The molecule has 1 aromatic heterocycles. The molecule has 4 rings (SSSR count). The number of anilines is 1. The maximum Gasteiger partial charge on any atom is 0.254 e. The van der Waals surface area contributed by atoms with E-state index in [1.54, 1.807) is 24.3 Å². The van der Waals surface area contributed by atoms with E-state index < -0.39 is 0 Å². The number of carbonyl (C=O) groups excluding carboxylic acids is 1. The second kappa shape index (κ2) is 11.8. The number of rotatable bonds is 8. The lowest BCUT2D eigenvalue weighted by molar-refractivity contribution is 0.0671. The first-order valence-corrected chi connectivity index (χ1v) is 13.6. The number of nitrogens with zero attached hydrogens (tertiary/aromatic N) is 5. The predicted molar refractivity (Wildman–Crippen MR) is 149 cm³/mol. The first kappa shape index (κ1) is 27.4. The van der Waals surface area contributed by atoms with Crippen LogP contribution in [-0.4, -0.2) is 64.3 Å². The number of aryl methyl sites for hydroxylation is 1.